The van der Waals surface area contributed by atoms with Gasteiger partial charge in [-0.05, 0) is 73.5 Å². The summed E-state index contributed by atoms with van der Waals surface area (Å²) in [5.41, 5.74) is 4.48. The predicted molar refractivity (Wildman–Crippen MR) is 135 cm³/mol. The number of benzene rings is 3. The van der Waals surface area contributed by atoms with Crippen molar-refractivity contribution in [3.63, 3.8) is 0 Å². The van der Waals surface area contributed by atoms with Crippen LogP contribution in [0.3, 0.4) is 0 Å². The second-order valence-electron chi connectivity index (χ2n) is 8.03. The summed E-state index contributed by atoms with van der Waals surface area (Å²) in [5, 5.41) is 12.0. The zero-order valence-corrected chi connectivity index (χ0v) is 19.5. The first kappa shape index (κ1) is 23.5. The Morgan fingerprint density at radius 2 is 1.71 bits per heavy atom. The fourth-order valence-electron chi connectivity index (χ4n) is 3.82. The summed E-state index contributed by atoms with van der Waals surface area (Å²) in [6.07, 6.45) is 1.52. The molecule has 1 N–H and O–H groups in total. The molecule has 35 heavy (non-hydrogen) atoms. The normalized spacial score (nSPS) is 11.1. The van der Waals surface area contributed by atoms with E-state index in [-0.39, 0.29) is 11.3 Å². The lowest BCUT2D eigenvalue weighted by molar-refractivity contribution is -0.112. The Morgan fingerprint density at radius 1 is 1.03 bits per heavy atom. The van der Waals surface area contributed by atoms with Gasteiger partial charge in [0.1, 0.15) is 29.8 Å². The molecule has 0 bridgehead atoms. The Balaban J connectivity index is 1.53. The van der Waals surface area contributed by atoms with Crippen LogP contribution in [0.4, 0.5) is 10.1 Å². The molecule has 0 radical (unpaired) electrons. The Kier molecular flexibility index (Phi) is 7.08. The minimum atomic E-state index is -0.665. The number of nitrogens with zero attached hydrogens (tertiary/aromatic N) is 2. The molecule has 0 aliphatic carbocycles. The van der Waals surface area contributed by atoms with Crippen molar-refractivity contribution in [3.05, 3.63) is 119 Å². The molecule has 3 aromatic carbocycles. The Morgan fingerprint density at radius 3 is 2.40 bits per heavy atom. The van der Waals surface area contributed by atoms with Gasteiger partial charge in [-0.15, -0.1) is 0 Å². The van der Waals surface area contributed by atoms with Gasteiger partial charge in [0, 0.05) is 17.1 Å². The summed E-state index contributed by atoms with van der Waals surface area (Å²) in [4.78, 5) is 12.6. The van der Waals surface area contributed by atoms with Crippen LogP contribution < -0.4 is 10.1 Å². The first-order valence-electron chi connectivity index (χ1n) is 11.1. The lowest BCUT2D eigenvalue weighted by atomic mass is 10.1. The maximum Gasteiger partial charge on any atom is 0.266 e. The van der Waals surface area contributed by atoms with Gasteiger partial charge in [0.15, 0.2) is 0 Å². The lowest BCUT2D eigenvalue weighted by Crippen LogP contribution is -2.14. The molecule has 1 heterocycles. The Labute approximate surface area is 203 Å². The van der Waals surface area contributed by atoms with Crippen molar-refractivity contribution in [2.75, 3.05) is 5.32 Å². The van der Waals surface area contributed by atoms with E-state index in [9.17, 15) is 14.4 Å². The third-order valence-corrected chi connectivity index (χ3v) is 5.60. The van der Waals surface area contributed by atoms with Crippen molar-refractivity contribution in [1.29, 1.82) is 5.26 Å². The van der Waals surface area contributed by atoms with E-state index >= 15 is 0 Å². The summed E-state index contributed by atoms with van der Waals surface area (Å²) in [6, 6.07) is 27.4. The van der Waals surface area contributed by atoms with E-state index < -0.39 is 11.7 Å². The number of rotatable bonds is 7. The molecule has 0 fully saturated rings. The van der Waals surface area contributed by atoms with E-state index in [1.807, 2.05) is 85.1 Å². The van der Waals surface area contributed by atoms with Crippen LogP contribution in [0.1, 0.15) is 22.5 Å². The number of para-hydroxylation sites is 1. The summed E-state index contributed by atoms with van der Waals surface area (Å²) >= 11 is 0. The molecule has 174 valence electrons. The van der Waals surface area contributed by atoms with Crippen molar-refractivity contribution >= 4 is 17.7 Å². The maximum atomic E-state index is 13.9. The van der Waals surface area contributed by atoms with Gasteiger partial charge < -0.3 is 14.6 Å². The molecule has 0 unspecified atom stereocenters. The highest BCUT2D eigenvalue weighted by Gasteiger charge is 2.15. The highest BCUT2D eigenvalue weighted by atomic mass is 19.1. The minimum Gasteiger partial charge on any atom is -0.489 e. The third kappa shape index (κ3) is 5.48. The van der Waals surface area contributed by atoms with Gasteiger partial charge in [-0.1, -0.05) is 42.5 Å². The molecule has 6 heteroatoms. The van der Waals surface area contributed by atoms with Gasteiger partial charge in [0.25, 0.3) is 5.91 Å². The summed E-state index contributed by atoms with van der Waals surface area (Å²) in [6.45, 7) is 4.36. The topological polar surface area (TPSA) is 67.0 Å². The van der Waals surface area contributed by atoms with Crippen molar-refractivity contribution in [3.8, 4) is 17.5 Å². The second-order valence-corrected chi connectivity index (χ2v) is 8.03. The average molecular weight is 466 g/mol. The monoisotopic (exact) mass is 465 g/mol. The fraction of sp³-hybridized carbons (Fsp3) is 0.103. The number of ether oxygens (including phenoxy) is 1. The molecular formula is C29H24FN3O2. The van der Waals surface area contributed by atoms with Crippen LogP contribution in [0.15, 0.2) is 90.5 Å². The number of aromatic nitrogens is 1. The van der Waals surface area contributed by atoms with Gasteiger partial charge >= 0.3 is 0 Å². The van der Waals surface area contributed by atoms with Gasteiger partial charge in [-0.25, -0.2) is 4.39 Å². The third-order valence-electron chi connectivity index (χ3n) is 5.60. The highest BCUT2D eigenvalue weighted by molar-refractivity contribution is 6.09. The number of carbonyl (C=O) groups is 1. The van der Waals surface area contributed by atoms with E-state index in [0.717, 1.165) is 34.0 Å². The SMILES string of the molecule is Cc1cc(/C=C(/C#N)C(=O)Nc2ccccc2F)c(C)n1-c1ccc(OCc2ccccc2)cc1. The Bertz CT molecular complexity index is 1410. The average Bonchev–Trinajstić information content (AvgIpc) is 3.16. The predicted octanol–water partition coefficient (Wildman–Crippen LogP) is 6.36. The molecule has 0 spiro atoms. The quantitative estimate of drug-likeness (QED) is 0.255. The van der Waals surface area contributed by atoms with Crippen molar-refractivity contribution in [1.82, 2.24) is 4.57 Å². The van der Waals surface area contributed by atoms with Crippen LogP contribution in [-0.2, 0) is 11.4 Å². The van der Waals surface area contributed by atoms with Crippen LogP contribution in [-0.4, -0.2) is 10.5 Å². The number of hydrogen-bond donors (Lipinski definition) is 1. The molecule has 0 saturated carbocycles. The Hall–Kier alpha value is -4.63. The minimum absolute atomic E-state index is 0.0266. The largest absolute Gasteiger partial charge is 0.489 e. The van der Waals surface area contributed by atoms with Crippen LogP contribution in [0.5, 0.6) is 5.75 Å². The molecule has 1 amide bonds. The zero-order valence-electron chi connectivity index (χ0n) is 19.5. The van der Waals surface area contributed by atoms with Crippen LogP contribution in [0.2, 0.25) is 0 Å². The van der Waals surface area contributed by atoms with Gasteiger partial charge in [0.05, 0.1) is 5.69 Å². The standard InChI is InChI=1S/C29H24FN3O2/c1-20-16-23(17-24(18-31)29(34)32-28-11-7-6-10-27(28)30)21(2)33(20)25-12-14-26(15-13-25)35-19-22-8-4-3-5-9-22/h3-17H,19H2,1-2H3,(H,32,34)/b24-17-. The van der Waals surface area contributed by atoms with E-state index in [1.54, 1.807) is 6.07 Å². The molecule has 4 aromatic rings. The molecular weight excluding hydrogens is 441 g/mol. The number of carbonyl (C=O) groups excluding carboxylic acids is 1. The van der Waals surface area contributed by atoms with Crippen molar-refractivity contribution in [2.45, 2.75) is 20.5 Å². The number of nitrogens with one attached hydrogen (secondary N) is 1. The summed E-state index contributed by atoms with van der Waals surface area (Å²) in [7, 11) is 0. The van der Waals surface area contributed by atoms with Crippen molar-refractivity contribution in [2.24, 2.45) is 0 Å². The summed E-state index contributed by atoms with van der Waals surface area (Å²) in [5.74, 6) is -0.466. The van der Waals surface area contributed by atoms with Crippen LogP contribution in [0.25, 0.3) is 11.8 Å². The first-order valence-corrected chi connectivity index (χ1v) is 11.1. The number of hydrogen-bond acceptors (Lipinski definition) is 3. The van der Waals surface area contributed by atoms with Crippen LogP contribution in [0, 0.1) is 31.0 Å². The lowest BCUT2D eigenvalue weighted by Gasteiger charge is -2.11. The molecule has 0 aliphatic rings. The molecule has 0 aliphatic heterocycles. The molecule has 5 nitrogen and oxygen atoms in total. The fourth-order valence-corrected chi connectivity index (χ4v) is 3.82. The van der Waals surface area contributed by atoms with Crippen LogP contribution >= 0.6 is 0 Å². The molecule has 1 aromatic heterocycles. The smallest absolute Gasteiger partial charge is 0.266 e. The van der Waals surface area contributed by atoms with Gasteiger partial charge in [0.2, 0.25) is 0 Å². The van der Waals surface area contributed by atoms with E-state index in [1.165, 1.54) is 24.3 Å². The van der Waals surface area contributed by atoms with Gasteiger partial charge in [-0.3, -0.25) is 4.79 Å². The molecule has 4 rings (SSSR count). The number of halogens is 1. The van der Waals surface area contributed by atoms with E-state index in [0.29, 0.717) is 6.61 Å². The van der Waals surface area contributed by atoms with E-state index in [2.05, 4.69) is 5.32 Å². The van der Waals surface area contributed by atoms with Crippen molar-refractivity contribution < 1.29 is 13.9 Å². The van der Waals surface area contributed by atoms with E-state index in [4.69, 9.17) is 4.74 Å². The number of anilines is 1. The summed E-state index contributed by atoms with van der Waals surface area (Å²) < 4.78 is 21.8. The van der Waals surface area contributed by atoms with Gasteiger partial charge in [-0.2, -0.15) is 5.26 Å². The molecule has 0 saturated heterocycles. The zero-order chi connectivity index (χ0) is 24.8. The number of nitriles is 1. The maximum absolute atomic E-state index is 13.9. The second kappa shape index (κ2) is 10.5. The first-order chi connectivity index (χ1) is 17.0. The molecule has 0 atom stereocenters. The highest BCUT2D eigenvalue weighted by Crippen LogP contribution is 2.25. The number of amides is 1. The number of aryl methyl sites for hydroxylation is 1.